The van der Waals surface area contributed by atoms with Gasteiger partial charge in [0.25, 0.3) is 0 Å². The van der Waals surface area contributed by atoms with Crippen LogP contribution in [0.5, 0.6) is 5.75 Å². The summed E-state index contributed by atoms with van der Waals surface area (Å²) in [6.07, 6.45) is 1.93. The van der Waals surface area contributed by atoms with Crippen LogP contribution in [0.1, 0.15) is 25.3 Å². The lowest BCUT2D eigenvalue weighted by Gasteiger charge is -2.31. The fourth-order valence-corrected chi connectivity index (χ4v) is 4.61. The number of benzene rings is 2. The molecule has 1 amide bonds. The Kier molecular flexibility index (Phi) is 5.76. The zero-order valence-electron chi connectivity index (χ0n) is 16.1. The maximum atomic E-state index is 12.7. The van der Waals surface area contributed by atoms with Crippen LogP contribution in [0, 0.1) is 5.92 Å². The third-order valence-corrected chi connectivity index (χ3v) is 6.11. The predicted octanol–water partition coefficient (Wildman–Crippen LogP) is 4.23. The second-order valence-electron chi connectivity index (χ2n) is 7.05. The molecule has 1 aromatic heterocycles. The van der Waals surface area contributed by atoms with E-state index in [1.54, 1.807) is 11.3 Å². The van der Waals surface area contributed by atoms with Gasteiger partial charge >= 0.3 is 0 Å². The van der Waals surface area contributed by atoms with Crippen molar-refractivity contribution in [2.24, 2.45) is 5.92 Å². The molecule has 146 valence electrons. The van der Waals surface area contributed by atoms with Gasteiger partial charge < -0.3 is 15.0 Å². The van der Waals surface area contributed by atoms with Crippen molar-refractivity contribution in [1.82, 2.24) is 10.3 Å². The summed E-state index contributed by atoms with van der Waals surface area (Å²) in [5, 5.41) is 4.08. The van der Waals surface area contributed by atoms with Crippen LogP contribution in [-0.2, 0) is 11.3 Å². The van der Waals surface area contributed by atoms with Gasteiger partial charge in [0.1, 0.15) is 5.75 Å². The number of carbonyl (C=O) groups excluding carboxylic acids is 1. The molecule has 5 nitrogen and oxygen atoms in total. The number of nitrogens with zero attached hydrogens (tertiary/aromatic N) is 2. The first-order valence-electron chi connectivity index (χ1n) is 9.83. The number of carbonyl (C=O) groups is 1. The highest BCUT2D eigenvalue weighted by atomic mass is 32.1. The number of fused-ring (bicyclic) bond motifs is 1. The SMILES string of the molecule is CCOc1ccc2nc(N3CCC[C@@H](C(=O)NCc4ccccc4)C3)sc2c1. The van der Waals surface area contributed by atoms with Crippen molar-refractivity contribution in [1.29, 1.82) is 0 Å². The molecule has 6 heteroatoms. The molecule has 28 heavy (non-hydrogen) atoms. The largest absolute Gasteiger partial charge is 0.494 e. The summed E-state index contributed by atoms with van der Waals surface area (Å²) in [6, 6.07) is 16.1. The summed E-state index contributed by atoms with van der Waals surface area (Å²) in [5.74, 6) is 1.01. The predicted molar refractivity (Wildman–Crippen MR) is 114 cm³/mol. The number of rotatable bonds is 6. The lowest BCUT2D eigenvalue weighted by Crippen LogP contribution is -2.42. The van der Waals surface area contributed by atoms with Crippen molar-refractivity contribution in [3.63, 3.8) is 0 Å². The van der Waals surface area contributed by atoms with Crippen LogP contribution >= 0.6 is 11.3 Å². The average Bonchev–Trinajstić information content (AvgIpc) is 3.17. The van der Waals surface area contributed by atoms with Gasteiger partial charge in [-0.15, -0.1) is 0 Å². The Bertz CT molecular complexity index is 941. The van der Waals surface area contributed by atoms with Gasteiger partial charge in [0.05, 0.1) is 22.7 Å². The van der Waals surface area contributed by atoms with Crippen LogP contribution < -0.4 is 15.0 Å². The molecule has 1 atom stereocenters. The number of aromatic nitrogens is 1. The molecule has 0 saturated carbocycles. The first kappa shape index (κ1) is 18.7. The smallest absolute Gasteiger partial charge is 0.225 e. The monoisotopic (exact) mass is 395 g/mol. The lowest BCUT2D eigenvalue weighted by atomic mass is 9.97. The Morgan fingerprint density at radius 3 is 2.96 bits per heavy atom. The van der Waals surface area contributed by atoms with E-state index < -0.39 is 0 Å². The molecule has 3 aromatic rings. The van der Waals surface area contributed by atoms with Gasteiger partial charge in [-0.25, -0.2) is 4.98 Å². The van der Waals surface area contributed by atoms with Crippen LogP contribution in [0.15, 0.2) is 48.5 Å². The molecule has 4 rings (SSSR count). The zero-order chi connectivity index (χ0) is 19.3. The summed E-state index contributed by atoms with van der Waals surface area (Å²) < 4.78 is 6.71. The van der Waals surface area contributed by atoms with E-state index in [9.17, 15) is 4.79 Å². The van der Waals surface area contributed by atoms with Crippen molar-refractivity contribution in [3.8, 4) is 5.75 Å². The van der Waals surface area contributed by atoms with E-state index in [0.29, 0.717) is 13.2 Å². The van der Waals surface area contributed by atoms with Crippen molar-refractivity contribution >= 4 is 32.6 Å². The minimum Gasteiger partial charge on any atom is -0.494 e. The van der Waals surface area contributed by atoms with Crippen molar-refractivity contribution in [2.45, 2.75) is 26.3 Å². The number of amides is 1. The second-order valence-corrected chi connectivity index (χ2v) is 8.06. The molecule has 1 fully saturated rings. The number of nitrogens with one attached hydrogen (secondary N) is 1. The van der Waals surface area contributed by atoms with Gasteiger partial charge in [-0.3, -0.25) is 4.79 Å². The first-order chi connectivity index (χ1) is 13.7. The fourth-order valence-electron chi connectivity index (χ4n) is 3.58. The number of piperidine rings is 1. The van der Waals surface area contributed by atoms with E-state index in [1.165, 1.54) is 0 Å². The van der Waals surface area contributed by atoms with Gasteiger partial charge in [-0.1, -0.05) is 41.7 Å². The molecular weight excluding hydrogens is 370 g/mol. The number of hydrogen-bond donors (Lipinski definition) is 1. The quantitative estimate of drug-likeness (QED) is 0.679. The van der Waals surface area contributed by atoms with Crippen LogP contribution in [0.25, 0.3) is 10.2 Å². The van der Waals surface area contributed by atoms with Gasteiger partial charge in [-0.05, 0) is 43.5 Å². The number of hydrogen-bond acceptors (Lipinski definition) is 5. The third kappa shape index (κ3) is 4.28. The van der Waals surface area contributed by atoms with Crippen molar-refractivity contribution < 1.29 is 9.53 Å². The minimum absolute atomic E-state index is 0.00320. The molecular formula is C22H25N3O2S. The summed E-state index contributed by atoms with van der Waals surface area (Å²) >= 11 is 1.67. The van der Waals surface area contributed by atoms with Crippen molar-refractivity contribution in [2.75, 3.05) is 24.6 Å². The second kappa shape index (κ2) is 8.61. The molecule has 1 saturated heterocycles. The Labute approximate surface area is 169 Å². The summed E-state index contributed by atoms with van der Waals surface area (Å²) in [4.78, 5) is 19.7. The molecule has 1 aliphatic heterocycles. The maximum absolute atomic E-state index is 12.7. The summed E-state index contributed by atoms with van der Waals surface area (Å²) in [7, 11) is 0. The van der Waals surface area contributed by atoms with Crippen LogP contribution in [0.3, 0.4) is 0 Å². The van der Waals surface area contributed by atoms with Gasteiger partial charge in [0.15, 0.2) is 5.13 Å². The van der Waals surface area contributed by atoms with Gasteiger partial charge in [0.2, 0.25) is 5.91 Å². The Morgan fingerprint density at radius 1 is 1.29 bits per heavy atom. The van der Waals surface area contributed by atoms with E-state index >= 15 is 0 Å². The molecule has 1 aliphatic rings. The normalized spacial score (nSPS) is 16.9. The lowest BCUT2D eigenvalue weighted by molar-refractivity contribution is -0.125. The summed E-state index contributed by atoms with van der Waals surface area (Å²) in [6.45, 7) is 4.89. The van der Waals surface area contributed by atoms with Crippen LogP contribution in [-0.4, -0.2) is 30.6 Å². The highest BCUT2D eigenvalue weighted by Crippen LogP contribution is 2.33. The first-order valence-corrected chi connectivity index (χ1v) is 10.6. The van der Waals surface area contributed by atoms with E-state index in [1.807, 2.05) is 55.5 Å². The molecule has 0 aliphatic carbocycles. The maximum Gasteiger partial charge on any atom is 0.225 e. The molecule has 2 aromatic carbocycles. The number of anilines is 1. The fraction of sp³-hybridized carbons (Fsp3) is 0.364. The van der Waals surface area contributed by atoms with Crippen molar-refractivity contribution in [3.05, 3.63) is 54.1 Å². The van der Waals surface area contributed by atoms with Gasteiger partial charge in [0, 0.05) is 19.6 Å². The van der Waals surface area contributed by atoms with E-state index in [2.05, 4.69) is 10.2 Å². The van der Waals surface area contributed by atoms with E-state index in [4.69, 9.17) is 9.72 Å². The molecule has 0 unspecified atom stereocenters. The highest BCUT2D eigenvalue weighted by Gasteiger charge is 2.27. The molecule has 0 spiro atoms. The van der Waals surface area contributed by atoms with E-state index in [-0.39, 0.29) is 11.8 Å². The topological polar surface area (TPSA) is 54.5 Å². The number of ether oxygens (including phenoxy) is 1. The average molecular weight is 396 g/mol. The molecule has 0 radical (unpaired) electrons. The van der Waals surface area contributed by atoms with Crippen LogP contribution in [0.4, 0.5) is 5.13 Å². The highest BCUT2D eigenvalue weighted by molar-refractivity contribution is 7.22. The Balaban J connectivity index is 1.41. The molecule has 2 heterocycles. The Hall–Kier alpha value is -2.60. The third-order valence-electron chi connectivity index (χ3n) is 5.03. The zero-order valence-corrected chi connectivity index (χ0v) is 16.9. The molecule has 1 N–H and O–H groups in total. The van der Waals surface area contributed by atoms with Gasteiger partial charge in [-0.2, -0.15) is 0 Å². The van der Waals surface area contributed by atoms with E-state index in [0.717, 1.165) is 52.6 Å². The summed E-state index contributed by atoms with van der Waals surface area (Å²) in [5.41, 5.74) is 2.11. The molecule has 0 bridgehead atoms. The Morgan fingerprint density at radius 2 is 2.14 bits per heavy atom. The standard InChI is InChI=1S/C22H25N3O2S/c1-2-27-18-10-11-19-20(13-18)28-22(24-19)25-12-6-9-17(15-25)21(26)23-14-16-7-4-3-5-8-16/h3-5,7-8,10-11,13,17H,2,6,9,12,14-15H2,1H3,(H,23,26)/t17-/m1/s1. The van der Waals surface area contributed by atoms with Crippen LogP contribution in [0.2, 0.25) is 0 Å². The minimum atomic E-state index is 0.00320. The number of thiazole rings is 1.